The van der Waals surface area contributed by atoms with Gasteiger partial charge in [-0.15, -0.1) is 0 Å². The smallest absolute Gasteiger partial charge is 0.231 e. The lowest BCUT2D eigenvalue weighted by Gasteiger charge is -2.14. The van der Waals surface area contributed by atoms with Crippen LogP contribution in [0.25, 0.3) is 0 Å². The Morgan fingerprint density at radius 1 is 1.56 bits per heavy atom. The van der Waals surface area contributed by atoms with Crippen LogP contribution in [0.5, 0.6) is 11.5 Å². The Hall–Kier alpha value is -1.07. The summed E-state index contributed by atoms with van der Waals surface area (Å²) >= 11 is 3.38. The van der Waals surface area contributed by atoms with Crippen molar-refractivity contribution in [2.45, 2.75) is 12.8 Å². The zero-order chi connectivity index (χ0) is 11.7. The van der Waals surface area contributed by atoms with Crippen LogP contribution in [0.15, 0.2) is 10.5 Å². The number of benzene rings is 1. The second-order valence-electron chi connectivity index (χ2n) is 3.63. The quantitative estimate of drug-likeness (QED) is 0.865. The van der Waals surface area contributed by atoms with E-state index in [1.165, 1.54) is 0 Å². The highest BCUT2D eigenvalue weighted by Gasteiger charge is 2.26. The number of fused-ring (bicyclic) bond motifs is 1. The molecule has 0 aromatic heterocycles. The molecule has 0 spiro atoms. The summed E-state index contributed by atoms with van der Waals surface area (Å²) in [6.45, 7) is 2.00. The summed E-state index contributed by atoms with van der Waals surface area (Å²) in [7, 11) is 0. The number of carbonyl (C=O) groups is 1. The maximum absolute atomic E-state index is 10.9. The molecule has 1 aliphatic heterocycles. The number of halogens is 1. The Labute approximate surface area is 101 Å². The highest BCUT2D eigenvalue weighted by atomic mass is 79.9. The molecule has 4 nitrogen and oxygen atoms in total. The van der Waals surface area contributed by atoms with E-state index in [0.29, 0.717) is 17.1 Å². The molecule has 1 unspecified atom stereocenters. The van der Waals surface area contributed by atoms with Gasteiger partial charge in [-0.1, -0.05) is 22.9 Å². The number of carbonyl (C=O) groups excluding carboxylic acids is 1. The van der Waals surface area contributed by atoms with Crippen molar-refractivity contribution < 1.29 is 19.4 Å². The van der Waals surface area contributed by atoms with Gasteiger partial charge in [0.05, 0.1) is 5.56 Å². The summed E-state index contributed by atoms with van der Waals surface area (Å²) in [4.78, 5) is 10.9. The van der Waals surface area contributed by atoms with Gasteiger partial charge in [-0.25, -0.2) is 0 Å². The lowest BCUT2D eigenvalue weighted by atomic mass is 9.98. The van der Waals surface area contributed by atoms with Gasteiger partial charge >= 0.3 is 0 Å². The summed E-state index contributed by atoms with van der Waals surface area (Å²) in [5.74, 6) is 0.942. The Balaban J connectivity index is 2.62. The first-order valence-electron chi connectivity index (χ1n) is 4.87. The minimum Gasteiger partial charge on any atom is -0.453 e. The van der Waals surface area contributed by atoms with Gasteiger partial charge in [0.15, 0.2) is 17.8 Å². The Morgan fingerprint density at radius 2 is 2.25 bits per heavy atom. The van der Waals surface area contributed by atoms with E-state index in [1.54, 1.807) is 6.07 Å². The SMILES string of the molecule is CC(CO)c1c(Br)cc(C=O)c2c1OCO2. The fraction of sp³-hybridized carbons (Fsp3) is 0.364. The van der Waals surface area contributed by atoms with E-state index in [4.69, 9.17) is 9.47 Å². The zero-order valence-corrected chi connectivity index (χ0v) is 10.3. The zero-order valence-electron chi connectivity index (χ0n) is 8.70. The second-order valence-corrected chi connectivity index (χ2v) is 4.48. The van der Waals surface area contributed by atoms with Crippen molar-refractivity contribution in [3.05, 3.63) is 21.7 Å². The number of aliphatic hydroxyl groups excluding tert-OH is 1. The van der Waals surface area contributed by atoms with E-state index in [9.17, 15) is 9.90 Å². The number of rotatable bonds is 3. The van der Waals surface area contributed by atoms with Gasteiger partial charge in [0.2, 0.25) is 6.79 Å². The molecular weight excluding hydrogens is 276 g/mol. The van der Waals surface area contributed by atoms with E-state index < -0.39 is 0 Å². The molecule has 1 N–H and O–H groups in total. The van der Waals surface area contributed by atoms with Crippen molar-refractivity contribution in [1.82, 2.24) is 0 Å². The van der Waals surface area contributed by atoms with Crippen LogP contribution in [-0.2, 0) is 0 Å². The molecule has 2 rings (SSSR count). The molecule has 86 valence electrons. The highest BCUT2D eigenvalue weighted by Crippen LogP contribution is 2.45. The Morgan fingerprint density at radius 3 is 2.88 bits per heavy atom. The monoisotopic (exact) mass is 286 g/mol. The number of aliphatic hydroxyl groups is 1. The number of aldehydes is 1. The first-order chi connectivity index (χ1) is 7.69. The molecule has 0 aliphatic carbocycles. The molecule has 0 saturated carbocycles. The molecule has 1 heterocycles. The molecule has 0 saturated heterocycles. The van der Waals surface area contributed by atoms with Crippen LogP contribution in [0, 0.1) is 0 Å². The predicted octanol–water partition coefficient (Wildman–Crippen LogP) is 2.09. The van der Waals surface area contributed by atoms with E-state index in [-0.39, 0.29) is 19.3 Å². The molecular formula is C11H11BrO4. The Kier molecular flexibility index (Phi) is 3.16. The minimum atomic E-state index is -0.0782. The average Bonchev–Trinajstić information content (AvgIpc) is 2.75. The van der Waals surface area contributed by atoms with E-state index >= 15 is 0 Å². The van der Waals surface area contributed by atoms with Gasteiger partial charge in [0.1, 0.15) is 0 Å². The number of ether oxygens (including phenoxy) is 2. The summed E-state index contributed by atoms with van der Waals surface area (Å²) in [6, 6.07) is 1.68. The topological polar surface area (TPSA) is 55.8 Å². The van der Waals surface area contributed by atoms with Crippen LogP contribution < -0.4 is 9.47 Å². The summed E-state index contributed by atoms with van der Waals surface area (Å²) in [6.07, 6.45) is 0.728. The molecule has 1 aromatic carbocycles. The van der Waals surface area contributed by atoms with Crippen LogP contribution in [0.4, 0.5) is 0 Å². The molecule has 5 heteroatoms. The van der Waals surface area contributed by atoms with E-state index in [0.717, 1.165) is 16.3 Å². The molecule has 0 amide bonds. The first-order valence-corrected chi connectivity index (χ1v) is 5.66. The lowest BCUT2D eigenvalue weighted by molar-refractivity contribution is 0.111. The molecule has 1 aromatic rings. The minimum absolute atomic E-state index is 0.00877. The van der Waals surface area contributed by atoms with Gasteiger partial charge in [-0.2, -0.15) is 0 Å². The largest absolute Gasteiger partial charge is 0.453 e. The normalized spacial score (nSPS) is 14.9. The second kappa shape index (κ2) is 4.43. The van der Waals surface area contributed by atoms with E-state index in [1.807, 2.05) is 6.92 Å². The van der Waals surface area contributed by atoms with Gasteiger partial charge in [0, 0.05) is 22.6 Å². The maximum atomic E-state index is 10.9. The van der Waals surface area contributed by atoms with Crippen molar-refractivity contribution in [3.63, 3.8) is 0 Å². The van der Waals surface area contributed by atoms with Gasteiger partial charge < -0.3 is 14.6 Å². The standard InChI is InChI=1S/C11H11BrO4/c1-6(3-13)9-8(12)2-7(4-14)10-11(9)16-5-15-10/h2,4,6,13H,3,5H2,1H3. The molecule has 16 heavy (non-hydrogen) atoms. The molecule has 1 aliphatic rings. The molecule has 0 fully saturated rings. The van der Waals surface area contributed by atoms with Crippen LogP contribution in [0.2, 0.25) is 0 Å². The van der Waals surface area contributed by atoms with Crippen molar-refractivity contribution in [2.75, 3.05) is 13.4 Å². The molecule has 1 atom stereocenters. The third-order valence-electron chi connectivity index (χ3n) is 2.55. The fourth-order valence-electron chi connectivity index (χ4n) is 1.72. The van der Waals surface area contributed by atoms with Crippen LogP contribution >= 0.6 is 15.9 Å². The van der Waals surface area contributed by atoms with Crippen molar-refractivity contribution in [2.24, 2.45) is 0 Å². The third-order valence-corrected chi connectivity index (χ3v) is 3.21. The molecule has 0 radical (unpaired) electrons. The predicted molar refractivity (Wildman–Crippen MR) is 61.2 cm³/mol. The van der Waals surface area contributed by atoms with Gasteiger partial charge in [-0.3, -0.25) is 4.79 Å². The van der Waals surface area contributed by atoms with Crippen molar-refractivity contribution >= 4 is 22.2 Å². The molecule has 0 bridgehead atoms. The lowest BCUT2D eigenvalue weighted by Crippen LogP contribution is -2.03. The average molecular weight is 287 g/mol. The van der Waals surface area contributed by atoms with Gasteiger partial charge in [-0.05, 0) is 6.07 Å². The highest BCUT2D eigenvalue weighted by molar-refractivity contribution is 9.10. The first kappa shape index (κ1) is 11.4. The van der Waals surface area contributed by atoms with Crippen LogP contribution in [0.3, 0.4) is 0 Å². The van der Waals surface area contributed by atoms with Gasteiger partial charge in [0.25, 0.3) is 0 Å². The van der Waals surface area contributed by atoms with Crippen LogP contribution in [0.1, 0.15) is 28.8 Å². The fourth-order valence-corrected chi connectivity index (χ4v) is 2.54. The van der Waals surface area contributed by atoms with E-state index in [2.05, 4.69) is 15.9 Å². The summed E-state index contributed by atoms with van der Waals surface area (Å²) in [5, 5.41) is 9.18. The Bertz CT molecular complexity index is 430. The third kappa shape index (κ3) is 1.70. The number of hydrogen-bond acceptors (Lipinski definition) is 4. The number of hydrogen-bond donors (Lipinski definition) is 1. The maximum Gasteiger partial charge on any atom is 0.231 e. The summed E-state index contributed by atoms with van der Waals surface area (Å²) < 4.78 is 11.4. The van der Waals surface area contributed by atoms with Crippen LogP contribution in [-0.4, -0.2) is 24.8 Å². The van der Waals surface area contributed by atoms with Crippen molar-refractivity contribution in [1.29, 1.82) is 0 Å². The van der Waals surface area contributed by atoms with Crippen molar-refractivity contribution in [3.8, 4) is 11.5 Å². The summed E-state index contributed by atoms with van der Waals surface area (Å²) in [5.41, 5.74) is 1.29.